The highest BCUT2D eigenvalue weighted by molar-refractivity contribution is 7.14. The predicted octanol–water partition coefficient (Wildman–Crippen LogP) is 4.43. The molecule has 0 spiro atoms. The third-order valence-electron chi connectivity index (χ3n) is 2.84. The van der Waals surface area contributed by atoms with Gasteiger partial charge in [0, 0.05) is 22.2 Å². The molecular weight excluding hydrogens is 292 g/mol. The Morgan fingerprint density at radius 2 is 2.15 bits per heavy atom. The highest BCUT2D eigenvalue weighted by Gasteiger charge is 2.18. The Morgan fingerprint density at radius 3 is 2.75 bits per heavy atom. The van der Waals surface area contributed by atoms with Crippen LogP contribution in [0.2, 0.25) is 0 Å². The van der Waals surface area contributed by atoms with Gasteiger partial charge in [0.25, 0.3) is 5.91 Å². The lowest BCUT2D eigenvalue weighted by Gasteiger charge is -2.14. The molecule has 0 saturated carbocycles. The van der Waals surface area contributed by atoms with E-state index in [9.17, 15) is 4.79 Å². The first-order valence-corrected chi connectivity index (χ1v) is 7.74. The highest BCUT2D eigenvalue weighted by atomic mass is 35.5. The second-order valence-corrected chi connectivity index (χ2v) is 6.70. The van der Waals surface area contributed by atoms with Crippen molar-refractivity contribution in [1.82, 2.24) is 4.98 Å². The maximum Gasteiger partial charge on any atom is 0.257 e. The SMILES string of the molecule is CC(C)(C)c1csc(NC(=O)c2cccc(CCl)c2)n1. The van der Waals surface area contributed by atoms with Gasteiger partial charge in [0.2, 0.25) is 0 Å². The van der Waals surface area contributed by atoms with Crippen LogP contribution >= 0.6 is 22.9 Å². The fourth-order valence-electron chi connectivity index (χ4n) is 1.64. The smallest absolute Gasteiger partial charge is 0.257 e. The first kappa shape index (κ1) is 15.0. The Morgan fingerprint density at radius 1 is 1.40 bits per heavy atom. The molecule has 0 fully saturated rings. The molecule has 1 aromatic carbocycles. The maximum absolute atomic E-state index is 12.2. The summed E-state index contributed by atoms with van der Waals surface area (Å²) < 4.78 is 0. The molecular formula is C15H17ClN2OS. The van der Waals surface area contributed by atoms with Crippen molar-refractivity contribution >= 4 is 34.0 Å². The van der Waals surface area contributed by atoms with Crippen molar-refractivity contribution in [2.24, 2.45) is 0 Å². The van der Waals surface area contributed by atoms with Crippen molar-refractivity contribution in [1.29, 1.82) is 0 Å². The van der Waals surface area contributed by atoms with E-state index in [-0.39, 0.29) is 11.3 Å². The van der Waals surface area contributed by atoms with Crippen molar-refractivity contribution in [2.45, 2.75) is 32.1 Å². The van der Waals surface area contributed by atoms with Gasteiger partial charge < -0.3 is 0 Å². The first-order chi connectivity index (χ1) is 9.40. The van der Waals surface area contributed by atoms with Gasteiger partial charge in [0.1, 0.15) is 0 Å². The molecule has 0 atom stereocenters. The van der Waals surface area contributed by atoms with Gasteiger partial charge in [-0.25, -0.2) is 4.98 Å². The average Bonchev–Trinajstić information content (AvgIpc) is 2.87. The van der Waals surface area contributed by atoms with Crippen molar-refractivity contribution in [2.75, 3.05) is 5.32 Å². The Hall–Kier alpha value is -1.39. The molecule has 2 rings (SSSR count). The number of amides is 1. The Bertz CT molecular complexity index is 616. The summed E-state index contributed by atoms with van der Waals surface area (Å²) in [6, 6.07) is 7.28. The van der Waals surface area contributed by atoms with Crippen LogP contribution in [-0.2, 0) is 11.3 Å². The van der Waals surface area contributed by atoms with Gasteiger partial charge in [-0.1, -0.05) is 32.9 Å². The van der Waals surface area contributed by atoms with Gasteiger partial charge in [-0.2, -0.15) is 0 Å². The molecule has 2 aromatic rings. The summed E-state index contributed by atoms with van der Waals surface area (Å²) in [6.45, 7) is 6.28. The number of hydrogen-bond acceptors (Lipinski definition) is 3. The number of carbonyl (C=O) groups is 1. The summed E-state index contributed by atoms with van der Waals surface area (Å²) >= 11 is 7.22. The van der Waals surface area contributed by atoms with Crippen LogP contribution in [0, 0.1) is 0 Å². The minimum Gasteiger partial charge on any atom is -0.298 e. The molecule has 106 valence electrons. The van der Waals surface area contributed by atoms with Gasteiger partial charge in [-0.15, -0.1) is 22.9 Å². The Labute approximate surface area is 128 Å². The van der Waals surface area contributed by atoms with E-state index in [0.717, 1.165) is 11.3 Å². The third kappa shape index (κ3) is 3.58. The zero-order valence-electron chi connectivity index (χ0n) is 11.7. The average molecular weight is 309 g/mol. The van der Waals surface area contributed by atoms with Crippen LogP contribution in [0.4, 0.5) is 5.13 Å². The molecule has 5 heteroatoms. The first-order valence-electron chi connectivity index (χ1n) is 6.32. The number of aromatic nitrogens is 1. The number of nitrogens with one attached hydrogen (secondary N) is 1. The number of nitrogens with zero attached hydrogens (tertiary/aromatic N) is 1. The van der Waals surface area contributed by atoms with Gasteiger partial charge in [0.15, 0.2) is 5.13 Å². The third-order valence-corrected chi connectivity index (χ3v) is 3.90. The molecule has 1 heterocycles. The highest BCUT2D eigenvalue weighted by Crippen LogP contribution is 2.26. The van der Waals surface area contributed by atoms with Crippen LogP contribution in [0.5, 0.6) is 0 Å². The van der Waals surface area contributed by atoms with Gasteiger partial charge >= 0.3 is 0 Å². The van der Waals surface area contributed by atoms with Gasteiger partial charge in [-0.05, 0) is 17.7 Å². The molecule has 1 aromatic heterocycles. The zero-order valence-corrected chi connectivity index (χ0v) is 13.3. The number of halogens is 1. The Kier molecular flexibility index (Phi) is 4.45. The molecule has 0 aliphatic carbocycles. The van der Waals surface area contributed by atoms with Crippen molar-refractivity contribution in [3.63, 3.8) is 0 Å². The fourth-order valence-corrected chi connectivity index (χ4v) is 2.74. The van der Waals surface area contributed by atoms with Gasteiger partial charge in [0.05, 0.1) is 5.69 Å². The lowest BCUT2D eigenvalue weighted by atomic mass is 9.93. The standard InChI is InChI=1S/C15H17ClN2OS/c1-15(2,3)12-9-20-14(17-12)18-13(19)11-6-4-5-10(7-11)8-16/h4-7,9H,8H2,1-3H3,(H,17,18,19). The summed E-state index contributed by atoms with van der Waals surface area (Å²) in [5.74, 6) is 0.235. The second-order valence-electron chi connectivity index (χ2n) is 5.58. The molecule has 1 amide bonds. The van der Waals surface area contributed by atoms with E-state index < -0.39 is 0 Å². The number of alkyl halides is 1. The molecule has 0 aliphatic rings. The van der Waals surface area contributed by atoms with E-state index >= 15 is 0 Å². The van der Waals surface area contributed by atoms with Crippen molar-refractivity contribution in [3.05, 3.63) is 46.5 Å². The maximum atomic E-state index is 12.2. The summed E-state index contributed by atoms with van der Waals surface area (Å²) in [7, 11) is 0. The summed E-state index contributed by atoms with van der Waals surface area (Å²) in [6.07, 6.45) is 0. The quantitative estimate of drug-likeness (QED) is 0.852. The zero-order chi connectivity index (χ0) is 14.8. The lowest BCUT2D eigenvalue weighted by molar-refractivity contribution is 0.102. The molecule has 0 saturated heterocycles. The van der Waals surface area contributed by atoms with E-state index in [1.165, 1.54) is 11.3 Å². The minimum atomic E-state index is -0.160. The predicted molar refractivity (Wildman–Crippen MR) is 84.8 cm³/mol. The summed E-state index contributed by atoms with van der Waals surface area (Å²) in [5, 5.41) is 5.43. The minimum absolute atomic E-state index is 0.0159. The van der Waals surface area contributed by atoms with E-state index in [1.54, 1.807) is 12.1 Å². The number of carbonyl (C=O) groups excluding carboxylic acids is 1. The van der Waals surface area contributed by atoms with E-state index in [4.69, 9.17) is 11.6 Å². The van der Waals surface area contributed by atoms with Crippen LogP contribution in [0.15, 0.2) is 29.6 Å². The van der Waals surface area contributed by atoms with Crippen LogP contribution < -0.4 is 5.32 Å². The van der Waals surface area contributed by atoms with Crippen LogP contribution in [0.3, 0.4) is 0 Å². The largest absolute Gasteiger partial charge is 0.298 e. The van der Waals surface area contributed by atoms with E-state index in [1.807, 2.05) is 17.5 Å². The van der Waals surface area contributed by atoms with E-state index in [0.29, 0.717) is 16.6 Å². The molecule has 0 radical (unpaired) electrons. The van der Waals surface area contributed by atoms with Crippen molar-refractivity contribution < 1.29 is 4.79 Å². The molecule has 0 unspecified atom stereocenters. The van der Waals surface area contributed by atoms with E-state index in [2.05, 4.69) is 31.1 Å². The van der Waals surface area contributed by atoms with Crippen molar-refractivity contribution in [3.8, 4) is 0 Å². The summed E-state index contributed by atoms with van der Waals surface area (Å²) in [5.41, 5.74) is 2.48. The number of hydrogen-bond donors (Lipinski definition) is 1. The second kappa shape index (κ2) is 5.94. The topological polar surface area (TPSA) is 42.0 Å². The number of rotatable bonds is 3. The van der Waals surface area contributed by atoms with Crippen LogP contribution in [-0.4, -0.2) is 10.9 Å². The Balaban J connectivity index is 2.13. The van der Waals surface area contributed by atoms with Crippen LogP contribution in [0.25, 0.3) is 0 Å². The normalized spacial score (nSPS) is 11.4. The molecule has 3 nitrogen and oxygen atoms in total. The molecule has 20 heavy (non-hydrogen) atoms. The summed E-state index contributed by atoms with van der Waals surface area (Å²) in [4.78, 5) is 16.6. The molecule has 1 N–H and O–H groups in total. The van der Waals surface area contributed by atoms with Crippen LogP contribution in [0.1, 0.15) is 42.4 Å². The monoisotopic (exact) mass is 308 g/mol. The number of benzene rings is 1. The molecule has 0 bridgehead atoms. The lowest BCUT2D eigenvalue weighted by Crippen LogP contribution is -2.14. The molecule has 0 aliphatic heterocycles. The van der Waals surface area contributed by atoms with Gasteiger partial charge in [-0.3, -0.25) is 10.1 Å². The fraction of sp³-hybridized carbons (Fsp3) is 0.333. The number of thiazole rings is 1. The number of anilines is 1.